The molecule has 5 nitrogen and oxygen atoms in total. The van der Waals surface area contributed by atoms with E-state index in [1.54, 1.807) is 11.3 Å². The minimum atomic E-state index is -0.237. The molecule has 0 aromatic carbocycles. The molecule has 0 spiro atoms. The molecule has 2 aliphatic rings. The van der Waals surface area contributed by atoms with Crippen LogP contribution in [0.25, 0.3) is 5.00 Å². The van der Waals surface area contributed by atoms with Crippen molar-refractivity contribution < 1.29 is 4.79 Å². The summed E-state index contributed by atoms with van der Waals surface area (Å²) in [7, 11) is 0. The number of anilines is 1. The molecule has 0 fully saturated rings. The van der Waals surface area contributed by atoms with Gasteiger partial charge in [0.1, 0.15) is 16.1 Å². The van der Waals surface area contributed by atoms with Crippen LogP contribution in [-0.2, 0) is 32.2 Å². The molecule has 3 heterocycles. The molecule has 2 N–H and O–H groups in total. The zero-order valence-electron chi connectivity index (χ0n) is 16.8. The van der Waals surface area contributed by atoms with Crippen molar-refractivity contribution in [1.82, 2.24) is 9.88 Å². The van der Waals surface area contributed by atoms with Crippen LogP contribution in [0.1, 0.15) is 57.7 Å². The Morgan fingerprint density at radius 1 is 1.00 bits per heavy atom. The van der Waals surface area contributed by atoms with Gasteiger partial charge in [0.25, 0.3) is 0 Å². The van der Waals surface area contributed by atoms with Gasteiger partial charge in [0.05, 0.1) is 5.56 Å². The van der Waals surface area contributed by atoms with Crippen LogP contribution in [-0.4, -0.2) is 10.6 Å². The Morgan fingerprint density at radius 2 is 1.67 bits per heavy atom. The number of thiophene rings is 2. The van der Waals surface area contributed by atoms with E-state index in [1.165, 1.54) is 38.7 Å². The first kappa shape index (κ1) is 19.4. The molecule has 3 aromatic heterocycles. The quantitative estimate of drug-likeness (QED) is 0.563. The summed E-state index contributed by atoms with van der Waals surface area (Å²) >= 11 is 3.42. The number of urea groups is 1. The van der Waals surface area contributed by atoms with Crippen LogP contribution >= 0.6 is 22.7 Å². The molecule has 0 unspecified atom stereocenters. The molecule has 154 valence electrons. The molecule has 2 amide bonds. The van der Waals surface area contributed by atoms with Gasteiger partial charge in [-0.2, -0.15) is 5.26 Å². The Morgan fingerprint density at radius 3 is 2.40 bits per heavy atom. The number of carbonyl (C=O) groups is 1. The SMILES string of the molecule is N#Cc1c(NC(=O)NCc2c(-n3cccc3)sc3c2CCCC3)sc2c1CCCC2. The third-order valence-electron chi connectivity index (χ3n) is 6.03. The highest BCUT2D eigenvalue weighted by Gasteiger charge is 2.24. The molecule has 0 bridgehead atoms. The molecule has 0 atom stereocenters. The van der Waals surface area contributed by atoms with Crippen LogP contribution in [0.4, 0.5) is 9.80 Å². The van der Waals surface area contributed by atoms with Crippen molar-refractivity contribution in [2.45, 2.75) is 57.9 Å². The molecule has 0 saturated carbocycles. The van der Waals surface area contributed by atoms with Crippen LogP contribution < -0.4 is 10.6 Å². The second-order valence-electron chi connectivity index (χ2n) is 7.92. The highest BCUT2D eigenvalue weighted by atomic mass is 32.1. The largest absolute Gasteiger partial charge is 0.334 e. The predicted molar refractivity (Wildman–Crippen MR) is 122 cm³/mol. The Bertz CT molecular complexity index is 1120. The van der Waals surface area contributed by atoms with Gasteiger partial charge >= 0.3 is 6.03 Å². The van der Waals surface area contributed by atoms with Crippen molar-refractivity contribution >= 4 is 33.7 Å². The number of aryl methyl sites for hydroxylation is 2. The molecule has 0 radical (unpaired) electrons. The average Bonchev–Trinajstić information content (AvgIpc) is 3.48. The van der Waals surface area contributed by atoms with Crippen molar-refractivity contribution in [3.63, 3.8) is 0 Å². The van der Waals surface area contributed by atoms with Crippen molar-refractivity contribution in [3.05, 3.63) is 56.5 Å². The zero-order chi connectivity index (χ0) is 20.5. The lowest BCUT2D eigenvalue weighted by molar-refractivity contribution is 0.252. The minimum Gasteiger partial charge on any atom is -0.334 e. The van der Waals surface area contributed by atoms with E-state index in [9.17, 15) is 10.1 Å². The van der Waals surface area contributed by atoms with E-state index < -0.39 is 0 Å². The van der Waals surface area contributed by atoms with Gasteiger partial charge in [-0.05, 0) is 74.6 Å². The molecule has 2 aliphatic carbocycles. The van der Waals surface area contributed by atoms with Crippen LogP contribution in [0.5, 0.6) is 0 Å². The van der Waals surface area contributed by atoms with Crippen LogP contribution in [0.2, 0.25) is 0 Å². The summed E-state index contributed by atoms with van der Waals surface area (Å²) in [6, 6.07) is 6.14. The first-order valence-electron chi connectivity index (χ1n) is 10.6. The van der Waals surface area contributed by atoms with Crippen molar-refractivity contribution in [1.29, 1.82) is 5.26 Å². The molecule has 0 aliphatic heterocycles. The number of hydrogen-bond donors (Lipinski definition) is 2. The summed E-state index contributed by atoms with van der Waals surface area (Å²) in [6.07, 6.45) is 13.0. The van der Waals surface area contributed by atoms with E-state index in [4.69, 9.17) is 0 Å². The number of carbonyl (C=O) groups excluding carboxylic acids is 1. The smallest absolute Gasteiger partial charge is 0.320 e. The fraction of sp³-hybridized carbons (Fsp3) is 0.391. The summed E-state index contributed by atoms with van der Waals surface area (Å²) in [5.41, 5.74) is 4.45. The third-order valence-corrected chi connectivity index (χ3v) is 8.59. The number of amides is 2. The summed E-state index contributed by atoms with van der Waals surface area (Å²) in [5, 5.41) is 17.5. The summed E-state index contributed by atoms with van der Waals surface area (Å²) in [5.74, 6) is 0. The summed E-state index contributed by atoms with van der Waals surface area (Å²) in [4.78, 5) is 15.4. The summed E-state index contributed by atoms with van der Waals surface area (Å²) < 4.78 is 2.15. The Kier molecular flexibility index (Phi) is 5.36. The molecule has 0 saturated heterocycles. The van der Waals surface area contributed by atoms with E-state index in [0.717, 1.165) is 44.1 Å². The van der Waals surface area contributed by atoms with Gasteiger partial charge in [-0.1, -0.05) is 0 Å². The van der Waals surface area contributed by atoms with E-state index >= 15 is 0 Å². The summed E-state index contributed by atoms with van der Waals surface area (Å²) in [6.45, 7) is 0.498. The first-order valence-corrected chi connectivity index (χ1v) is 12.2. The fourth-order valence-corrected chi connectivity index (χ4v) is 7.17. The third kappa shape index (κ3) is 3.55. The van der Waals surface area contributed by atoms with E-state index in [0.29, 0.717) is 17.1 Å². The van der Waals surface area contributed by atoms with Gasteiger partial charge in [0, 0.05) is 34.3 Å². The molecule has 5 rings (SSSR count). The standard InChI is InChI=1S/C23H24N4OS2/c24-13-17-15-7-1-3-9-19(15)29-21(17)26-23(28)25-14-18-16-8-2-4-10-20(16)30-22(18)27-11-5-6-12-27/h5-6,11-12H,1-4,7-10,14H2,(H2,25,26,28). The first-order chi connectivity index (χ1) is 14.7. The molecular formula is C23H24N4OS2. The highest BCUT2D eigenvalue weighted by molar-refractivity contribution is 7.16. The van der Waals surface area contributed by atoms with Gasteiger partial charge in [-0.15, -0.1) is 22.7 Å². The van der Waals surface area contributed by atoms with Gasteiger partial charge < -0.3 is 9.88 Å². The number of nitrogens with one attached hydrogen (secondary N) is 2. The van der Waals surface area contributed by atoms with E-state index in [1.807, 2.05) is 23.5 Å². The lowest BCUT2D eigenvalue weighted by atomic mass is 9.95. The Balaban J connectivity index is 1.35. The minimum absolute atomic E-state index is 0.237. The second kappa shape index (κ2) is 8.29. The Labute approximate surface area is 184 Å². The maximum atomic E-state index is 12.7. The number of nitrogens with zero attached hydrogens (tertiary/aromatic N) is 2. The molecule has 3 aromatic rings. The van der Waals surface area contributed by atoms with Crippen molar-refractivity contribution in [2.75, 3.05) is 5.32 Å². The molecule has 30 heavy (non-hydrogen) atoms. The van der Waals surface area contributed by atoms with Gasteiger partial charge in [-0.25, -0.2) is 4.79 Å². The number of fused-ring (bicyclic) bond motifs is 2. The monoisotopic (exact) mass is 436 g/mol. The van der Waals surface area contributed by atoms with Gasteiger partial charge in [0.15, 0.2) is 0 Å². The van der Waals surface area contributed by atoms with Crippen molar-refractivity contribution in [2.24, 2.45) is 0 Å². The fourth-order valence-electron chi connectivity index (χ4n) is 4.57. The number of aromatic nitrogens is 1. The predicted octanol–water partition coefficient (Wildman–Crippen LogP) is 5.55. The molecule has 7 heteroatoms. The highest BCUT2D eigenvalue weighted by Crippen LogP contribution is 2.38. The van der Waals surface area contributed by atoms with Gasteiger partial charge in [0.2, 0.25) is 0 Å². The Hall–Kier alpha value is -2.56. The van der Waals surface area contributed by atoms with E-state index in [2.05, 4.69) is 33.7 Å². The van der Waals surface area contributed by atoms with E-state index in [-0.39, 0.29) is 6.03 Å². The zero-order valence-corrected chi connectivity index (χ0v) is 18.4. The topological polar surface area (TPSA) is 69.8 Å². The number of nitriles is 1. The lowest BCUT2D eigenvalue weighted by Crippen LogP contribution is -2.28. The van der Waals surface area contributed by atoms with Crippen LogP contribution in [0.15, 0.2) is 24.5 Å². The van der Waals surface area contributed by atoms with Crippen LogP contribution in [0.3, 0.4) is 0 Å². The number of rotatable bonds is 4. The van der Waals surface area contributed by atoms with Crippen LogP contribution in [0, 0.1) is 11.3 Å². The average molecular weight is 437 g/mol. The molecular weight excluding hydrogens is 412 g/mol. The number of hydrogen-bond acceptors (Lipinski definition) is 4. The van der Waals surface area contributed by atoms with Gasteiger partial charge in [-0.3, -0.25) is 5.32 Å². The van der Waals surface area contributed by atoms with Crippen molar-refractivity contribution in [3.8, 4) is 11.1 Å². The normalized spacial score (nSPS) is 15.2. The maximum Gasteiger partial charge on any atom is 0.320 e. The maximum absolute atomic E-state index is 12.7. The second-order valence-corrected chi connectivity index (χ2v) is 10.1. The lowest BCUT2D eigenvalue weighted by Gasteiger charge is -2.14.